The number of aromatic nitrogens is 1. The van der Waals surface area contributed by atoms with Crippen molar-refractivity contribution in [3.8, 4) is 0 Å². The molecule has 2 aromatic carbocycles. The van der Waals surface area contributed by atoms with Gasteiger partial charge in [0.05, 0.1) is 11.8 Å². The van der Waals surface area contributed by atoms with Gasteiger partial charge in [0.25, 0.3) is 0 Å². The summed E-state index contributed by atoms with van der Waals surface area (Å²) < 4.78 is 0. The number of hydrogen-bond acceptors (Lipinski definition) is 3. The van der Waals surface area contributed by atoms with Crippen LogP contribution in [0.4, 0.5) is 5.82 Å². The van der Waals surface area contributed by atoms with Crippen LogP contribution in [0.5, 0.6) is 0 Å². The van der Waals surface area contributed by atoms with E-state index in [4.69, 9.17) is 0 Å². The smallest absolute Gasteiger partial charge is 0.239 e. The number of pyridine rings is 1. The van der Waals surface area contributed by atoms with Gasteiger partial charge in [0, 0.05) is 18.0 Å². The number of amides is 2. The maximum Gasteiger partial charge on any atom is 0.239 e. The van der Waals surface area contributed by atoms with Gasteiger partial charge in [0.1, 0.15) is 5.82 Å². The fourth-order valence-electron chi connectivity index (χ4n) is 4.65. The minimum Gasteiger partial charge on any atom is -0.274 e. The van der Waals surface area contributed by atoms with Gasteiger partial charge in [0.2, 0.25) is 11.8 Å². The fourth-order valence-corrected chi connectivity index (χ4v) is 4.65. The third-order valence-electron chi connectivity index (χ3n) is 5.94. The highest BCUT2D eigenvalue weighted by Gasteiger charge is 2.55. The molecule has 3 aromatic rings. The largest absolute Gasteiger partial charge is 0.274 e. The van der Waals surface area contributed by atoms with E-state index in [1.165, 1.54) is 4.90 Å². The first-order valence-corrected chi connectivity index (χ1v) is 9.83. The van der Waals surface area contributed by atoms with Crippen molar-refractivity contribution in [3.05, 3.63) is 108 Å². The summed E-state index contributed by atoms with van der Waals surface area (Å²) in [7, 11) is 0. The standard InChI is InChI=1S/C25H20N2O2/c28-24-22-19(17-9-3-1-4-10-17)14-15-20(18-11-5-2-6-12-18)23(22)25(29)27(24)21-13-7-8-16-26-21/h1-16,19-20,22-23H/t19-,20+,22-,23-/m0/s1. The molecule has 1 aromatic heterocycles. The van der Waals surface area contributed by atoms with E-state index in [1.54, 1.807) is 24.4 Å². The lowest BCUT2D eigenvalue weighted by molar-refractivity contribution is -0.122. The Morgan fingerprint density at radius 3 is 1.55 bits per heavy atom. The molecule has 0 spiro atoms. The Bertz CT molecular complexity index is 996. The predicted octanol–water partition coefficient (Wildman–Crippen LogP) is 4.32. The second kappa shape index (κ2) is 7.13. The molecule has 2 amide bonds. The van der Waals surface area contributed by atoms with Gasteiger partial charge in [-0.25, -0.2) is 9.88 Å². The first kappa shape index (κ1) is 17.6. The molecule has 4 atom stereocenters. The zero-order valence-electron chi connectivity index (χ0n) is 15.8. The van der Waals surface area contributed by atoms with E-state index in [0.29, 0.717) is 5.82 Å². The lowest BCUT2D eigenvalue weighted by Crippen LogP contribution is -2.32. The molecule has 4 heteroatoms. The zero-order valence-corrected chi connectivity index (χ0v) is 15.8. The van der Waals surface area contributed by atoms with Gasteiger partial charge in [-0.3, -0.25) is 9.59 Å². The first-order chi connectivity index (χ1) is 14.3. The molecule has 2 heterocycles. The summed E-state index contributed by atoms with van der Waals surface area (Å²) in [5.41, 5.74) is 2.10. The minimum absolute atomic E-state index is 0.133. The molecule has 1 saturated heterocycles. The summed E-state index contributed by atoms with van der Waals surface area (Å²) in [6.45, 7) is 0. The van der Waals surface area contributed by atoms with Crippen molar-refractivity contribution in [2.45, 2.75) is 11.8 Å². The molecule has 0 saturated carbocycles. The first-order valence-electron chi connectivity index (χ1n) is 9.83. The quantitative estimate of drug-likeness (QED) is 0.502. The monoisotopic (exact) mass is 380 g/mol. The molecule has 29 heavy (non-hydrogen) atoms. The topological polar surface area (TPSA) is 50.3 Å². The van der Waals surface area contributed by atoms with E-state index in [-0.39, 0.29) is 23.7 Å². The molecule has 0 radical (unpaired) electrons. The molecule has 0 bridgehead atoms. The number of benzene rings is 2. The Kier molecular flexibility index (Phi) is 4.32. The van der Waals surface area contributed by atoms with Gasteiger partial charge >= 0.3 is 0 Å². The summed E-state index contributed by atoms with van der Waals surface area (Å²) in [5.74, 6) is -1.09. The molecule has 0 N–H and O–H groups in total. The Labute approximate surface area is 169 Å². The maximum absolute atomic E-state index is 13.5. The molecular formula is C25H20N2O2. The van der Waals surface area contributed by atoms with Crippen LogP contribution in [0.15, 0.2) is 97.2 Å². The second-order valence-electron chi connectivity index (χ2n) is 7.51. The summed E-state index contributed by atoms with van der Waals surface area (Å²) in [6, 6.07) is 25.2. The van der Waals surface area contributed by atoms with Crippen LogP contribution in [0.3, 0.4) is 0 Å². The normalized spacial score (nSPS) is 25.9. The van der Waals surface area contributed by atoms with E-state index >= 15 is 0 Å². The third-order valence-corrected chi connectivity index (χ3v) is 5.94. The summed E-state index contributed by atoms with van der Waals surface area (Å²) >= 11 is 0. The molecule has 4 nitrogen and oxygen atoms in total. The van der Waals surface area contributed by atoms with E-state index in [0.717, 1.165) is 11.1 Å². The molecule has 5 rings (SSSR count). The van der Waals surface area contributed by atoms with Gasteiger partial charge in [-0.05, 0) is 23.3 Å². The molecule has 1 fully saturated rings. The van der Waals surface area contributed by atoms with Crippen LogP contribution in [0.2, 0.25) is 0 Å². The van der Waals surface area contributed by atoms with E-state index in [1.807, 2.05) is 60.7 Å². The number of carbonyl (C=O) groups excluding carboxylic acids is 2. The molecule has 1 aliphatic carbocycles. The molecule has 0 unspecified atom stereocenters. The summed E-state index contributed by atoms with van der Waals surface area (Å²) in [5, 5.41) is 0. The Balaban J connectivity index is 1.64. The highest BCUT2D eigenvalue weighted by molar-refractivity contribution is 6.22. The van der Waals surface area contributed by atoms with Crippen LogP contribution in [0.25, 0.3) is 0 Å². The highest BCUT2D eigenvalue weighted by atomic mass is 16.2. The van der Waals surface area contributed by atoms with Gasteiger partial charge in [0.15, 0.2) is 0 Å². The van der Waals surface area contributed by atoms with Crippen molar-refractivity contribution in [1.29, 1.82) is 0 Å². The number of allylic oxidation sites excluding steroid dienone is 2. The van der Waals surface area contributed by atoms with Crippen molar-refractivity contribution in [3.63, 3.8) is 0 Å². The molecular weight excluding hydrogens is 360 g/mol. The highest BCUT2D eigenvalue weighted by Crippen LogP contribution is 2.49. The van der Waals surface area contributed by atoms with Crippen molar-refractivity contribution < 1.29 is 9.59 Å². The van der Waals surface area contributed by atoms with Crippen molar-refractivity contribution >= 4 is 17.6 Å². The maximum atomic E-state index is 13.5. The van der Waals surface area contributed by atoms with E-state index in [2.05, 4.69) is 17.1 Å². The fraction of sp³-hybridized carbons (Fsp3) is 0.160. The Morgan fingerprint density at radius 1 is 0.621 bits per heavy atom. The van der Waals surface area contributed by atoms with Gasteiger partial charge in [-0.2, -0.15) is 0 Å². The SMILES string of the molecule is O=C1[C@@H]2[C@@H](C(=O)N1c1ccccn1)[C@H](c1ccccc1)C=C[C@@H]2c1ccccc1. The average molecular weight is 380 g/mol. The minimum atomic E-state index is -0.442. The molecule has 142 valence electrons. The lowest BCUT2D eigenvalue weighted by Gasteiger charge is -2.32. The average Bonchev–Trinajstić information content (AvgIpc) is 3.06. The number of fused-ring (bicyclic) bond motifs is 1. The molecule has 2 aliphatic rings. The van der Waals surface area contributed by atoms with Crippen molar-refractivity contribution in [2.75, 3.05) is 4.90 Å². The number of imide groups is 1. The molecule has 1 aliphatic heterocycles. The number of rotatable bonds is 3. The van der Waals surface area contributed by atoms with Crippen LogP contribution >= 0.6 is 0 Å². The number of hydrogen-bond donors (Lipinski definition) is 0. The predicted molar refractivity (Wildman–Crippen MR) is 111 cm³/mol. The summed E-state index contributed by atoms with van der Waals surface area (Å²) in [4.78, 5) is 32.6. The van der Waals surface area contributed by atoms with Crippen LogP contribution < -0.4 is 4.90 Å². The van der Waals surface area contributed by atoms with Crippen LogP contribution in [-0.4, -0.2) is 16.8 Å². The Morgan fingerprint density at radius 2 is 1.10 bits per heavy atom. The zero-order chi connectivity index (χ0) is 19.8. The summed E-state index contributed by atoms with van der Waals surface area (Å²) in [6.07, 6.45) is 5.81. The van der Waals surface area contributed by atoms with E-state index < -0.39 is 11.8 Å². The third kappa shape index (κ3) is 2.88. The van der Waals surface area contributed by atoms with Crippen molar-refractivity contribution in [2.24, 2.45) is 11.8 Å². The van der Waals surface area contributed by atoms with Gasteiger partial charge in [-0.1, -0.05) is 78.9 Å². The second-order valence-corrected chi connectivity index (χ2v) is 7.51. The van der Waals surface area contributed by atoms with Crippen LogP contribution in [0.1, 0.15) is 23.0 Å². The Hall–Kier alpha value is -3.53. The number of anilines is 1. The van der Waals surface area contributed by atoms with E-state index in [9.17, 15) is 9.59 Å². The van der Waals surface area contributed by atoms with Crippen molar-refractivity contribution in [1.82, 2.24) is 4.98 Å². The van der Waals surface area contributed by atoms with Gasteiger partial charge < -0.3 is 0 Å². The number of nitrogens with zero attached hydrogens (tertiary/aromatic N) is 2. The van der Waals surface area contributed by atoms with Crippen LogP contribution in [-0.2, 0) is 9.59 Å². The van der Waals surface area contributed by atoms with Crippen LogP contribution in [0, 0.1) is 11.8 Å². The lowest BCUT2D eigenvalue weighted by atomic mass is 9.68. The number of carbonyl (C=O) groups is 2. The van der Waals surface area contributed by atoms with Gasteiger partial charge in [-0.15, -0.1) is 0 Å².